The van der Waals surface area contributed by atoms with Crippen molar-refractivity contribution >= 4 is 5.91 Å². The van der Waals surface area contributed by atoms with E-state index in [1.54, 1.807) is 12.1 Å². The second kappa shape index (κ2) is 2.98. The maximum absolute atomic E-state index is 10.8. The Morgan fingerprint density at radius 1 is 1.36 bits per heavy atom. The summed E-state index contributed by atoms with van der Waals surface area (Å²) in [4.78, 5) is 13.6. The average molecular weight is 145 g/mol. The number of amides is 1. The van der Waals surface area contributed by atoms with Crippen LogP contribution in [0.2, 0.25) is 0 Å². The highest BCUT2D eigenvalue weighted by atomic mass is 16.1. The number of hydrogen-bond donors (Lipinski definition) is 0. The van der Waals surface area contributed by atoms with Crippen LogP contribution < -0.4 is 0 Å². The standard InChI is InChI=1S/C9H7NO/c1-7-3-5-8(6-4-7)9(11)10-2/h3-6H,1H3. The monoisotopic (exact) mass is 145 g/mol. The molecule has 1 aromatic rings. The van der Waals surface area contributed by atoms with E-state index in [0.717, 1.165) is 5.56 Å². The SMILES string of the molecule is [C-]#[N+]C(=O)c1ccc(C)cc1. The Morgan fingerprint density at radius 2 is 1.91 bits per heavy atom. The lowest BCUT2D eigenvalue weighted by Gasteiger charge is -1.92. The molecule has 2 nitrogen and oxygen atoms in total. The summed E-state index contributed by atoms with van der Waals surface area (Å²) < 4.78 is 0. The molecule has 1 rings (SSSR count). The molecule has 54 valence electrons. The summed E-state index contributed by atoms with van der Waals surface area (Å²) in [6.45, 7) is 8.41. The first-order chi connectivity index (χ1) is 5.24. The van der Waals surface area contributed by atoms with Crippen molar-refractivity contribution in [3.05, 3.63) is 46.8 Å². The molecule has 0 saturated heterocycles. The van der Waals surface area contributed by atoms with Crippen LogP contribution in [-0.4, -0.2) is 5.91 Å². The molecule has 11 heavy (non-hydrogen) atoms. The molecule has 2 heteroatoms. The predicted octanol–water partition coefficient (Wildman–Crippen LogP) is 2.05. The fourth-order valence-corrected chi connectivity index (χ4v) is 0.761. The summed E-state index contributed by atoms with van der Waals surface area (Å²) in [7, 11) is 0. The Morgan fingerprint density at radius 3 is 2.36 bits per heavy atom. The van der Waals surface area contributed by atoms with Crippen LogP contribution in [0.3, 0.4) is 0 Å². The van der Waals surface area contributed by atoms with Crippen LogP contribution in [0.1, 0.15) is 15.9 Å². The first-order valence-electron chi connectivity index (χ1n) is 3.22. The predicted molar refractivity (Wildman–Crippen MR) is 42.1 cm³/mol. The molecule has 0 fully saturated rings. The van der Waals surface area contributed by atoms with Crippen molar-refractivity contribution in [3.8, 4) is 0 Å². The third-order valence-corrected chi connectivity index (χ3v) is 1.40. The largest absolute Gasteiger partial charge is 0.385 e. The van der Waals surface area contributed by atoms with Gasteiger partial charge in [0.15, 0.2) is 0 Å². The van der Waals surface area contributed by atoms with E-state index in [4.69, 9.17) is 6.57 Å². The summed E-state index contributed by atoms with van der Waals surface area (Å²) in [6.07, 6.45) is 0. The van der Waals surface area contributed by atoms with Crippen LogP contribution in [0.5, 0.6) is 0 Å². The Kier molecular flexibility index (Phi) is 2.03. The molecule has 0 saturated carbocycles. The molecule has 1 amide bonds. The number of rotatable bonds is 1. The molecule has 0 aliphatic carbocycles. The van der Waals surface area contributed by atoms with Crippen LogP contribution in [-0.2, 0) is 0 Å². The van der Waals surface area contributed by atoms with E-state index in [9.17, 15) is 4.79 Å². The van der Waals surface area contributed by atoms with Gasteiger partial charge >= 0.3 is 5.91 Å². The minimum atomic E-state index is -0.495. The van der Waals surface area contributed by atoms with Gasteiger partial charge < -0.3 is 4.79 Å². The van der Waals surface area contributed by atoms with Gasteiger partial charge in [-0.25, -0.2) is 0 Å². The molecular formula is C9H7NO. The van der Waals surface area contributed by atoms with Gasteiger partial charge in [0.1, 0.15) is 0 Å². The van der Waals surface area contributed by atoms with Gasteiger partial charge in [-0.2, -0.15) is 4.85 Å². The molecule has 0 radical (unpaired) electrons. The van der Waals surface area contributed by atoms with Crippen molar-refractivity contribution in [2.45, 2.75) is 6.92 Å². The van der Waals surface area contributed by atoms with Crippen molar-refractivity contribution in [1.82, 2.24) is 0 Å². The molecule has 0 aliphatic rings. The highest BCUT2D eigenvalue weighted by Crippen LogP contribution is 2.03. The minimum absolute atomic E-state index is 0.464. The minimum Gasteiger partial charge on any atom is -0.311 e. The molecule has 1 aromatic carbocycles. The smallest absolute Gasteiger partial charge is 0.311 e. The Labute approximate surface area is 65.3 Å². The summed E-state index contributed by atoms with van der Waals surface area (Å²) in [6, 6.07) is 6.96. The van der Waals surface area contributed by atoms with E-state index in [1.165, 1.54) is 0 Å². The number of nitrogens with zero attached hydrogens (tertiary/aromatic N) is 1. The van der Waals surface area contributed by atoms with Crippen molar-refractivity contribution in [2.24, 2.45) is 0 Å². The molecule has 0 N–H and O–H groups in total. The topological polar surface area (TPSA) is 21.4 Å². The molecule has 0 spiro atoms. The van der Waals surface area contributed by atoms with Gasteiger partial charge in [-0.15, -0.1) is 0 Å². The van der Waals surface area contributed by atoms with E-state index in [1.807, 2.05) is 19.1 Å². The zero-order chi connectivity index (χ0) is 8.27. The zero-order valence-electron chi connectivity index (χ0n) is 6.16. The summed E-state index contributed by atoms with van der Waals surface area (Å²) in [5.41, 5.74) is 1.55. The number of carbonyl (C=O) groups is 1. The van der Waals surface area contributed by atoms with Gasteiger partial charge in [0, 0.05) is 5.56 Å². The van der Waals surface area contributed by atoms with Crippen molar-refractivity contribution < 1.29 is 4.79 Å². The maximum atomic E-state index is 10.8. The van der Waals surface area contributed by atoms with Crippen LogP contribution >= 0.6 is 0 Å². The summed E-state index contributed by atoms with van der Waals surface area (Å²) >= 11 is 0. The average Bonchev–Trinajstić information content (AvgIpc) is 2.05. The van der Waals surface area contributed by atoms with Crippen LogP contribution in [0, 0.1) is 13.5 Å². The Balaban J connectivity index is 3.01. The molecule has 0 aromatic heterocycles. The summed E-state index contributed by atoms with van der Waals surface area (Å²) in [5.74, 6) is -0.495. The van der Waals surface area contributed by atoms with E-state index in [-0.39, 0.29) is 0 Å². The second-order valence-corrected chi connectivity index (χ2v) is 2.28. The van der Waals surface area contributed by atoms with Gasteiger partial charge in [-0.05, 0) is 6.92 Å². The van der Waals surface area contributed by atoms with Gasteiger partial charge in [-0.1, -0.05) is 29.8 Å². The lowest BCUT2D eigenvalue weighted by Crippen LogP contribution is -1.90. The number of hydrogen-bond acceptors (Lipinski definition) is 1. The highest BCUT2D eigenvalue weighted by molar-refractivity contribution is 6.01. The normalized spacial score (nSPS) is 8.73. The van der Waals surface area contributed by atoms with Crippen molar-refractivity contribution in [1.29, 1.82) is 0 Å². The quantitative estimate of drug-likeness (QED) is 0.554. The van der Waals surface area contributed by atoms with Gasteiger partial charge in [0.05, 0.1) is 6.57 Å². The number of carbonyl (C=O) groups excluding carboxylic acids is 1. The molecule has 0 bridgehead atoms. The first kappa shape index (κ1) is 7.49. The van der Waals surface area contributed by atoms with Gasteiger partial charge in [0.2, 0.25) is 0 Å². The molecule has 0 aliphatic heterocycles. The highest BCUT2D eigenvalue weighted by Gasteiger charge is 2.01. The van der Waals surface area contributed by atoms with E-state index in [2.05, 4.69) is 4.85 Å². The van der Waals surface area contributed by atoms with Crippen molar-refractivity contribution in [2.75, 3.05) is 0 Å². The van der Waals surface area contributed by atoms with Crippen LogP contribution in [0.15, 0.2) is 24.3 Å². The number of benzene rings is 1. The Bertz CT molecular complexity index is 305. The second-order valence-electron chi connectivity index (χ2n) is 2.28. The van der Waals surface area contributed by atoms with Crippen LogP contribution in [0.25, 0.3) is 4.85 Å². The summed E-state index contributed by atoms with van der Waals surface area (Å²) in [5, 5.41) is 0. The molecule has 0 heterocycles. The van der Waals surface area contributed by atoms with Gasteiger partial charge in [-0.3, -0.25) is 0 Å². The molecule has 0 unspecified atom stereocenters. The number of aryl methyl sites for hydroxylation is 1. The van der Waals surface area contributed by atoms with E-state index < -0.39 is 5.91 Å². The third-order valence-electron chi connectivity index (χ3n) is 1.40. The molecular weight excluding hydrogens is 138 g/mol. The van der Waals surface area contributed by atoms with E-state index >= 15 is 0 Å². The fourth-order valence-electron chi connectivity index (χ4n) is 0.761. The van der Waals surface area contributed by atoms with E-state index in [0.29, 0.717) is 5.56 Å². The first-order valence-corrected chi connectivity index (χ1v) is 3.22. The maximum Gasteiger partial charge on any atom is 0.385 e. The molecule has 0 atom stereocenters. The van der Waals surface area contributed by atoms with Crippen molar-refractivity contribution in [3.63, 3.8) is 0 Å². The lowest BCUT2D eigenvalue weighted by atomic mass is 10.1. The Hall–Kier alpha value is -1.62. The zero-order valence-corrected chi connectivity index (χ0v) is 6.16. The third kappa shape index (κ3) is 1.65. The lowest BCUT2D eigenvalue weighted by molar-refractivity contribution is 0.104. The van der Waals surface area contributed by atoms with Gasteiger partial charge in [0.25, 0.3) is 0 Å². The fraction of sp³-hybridized carbons (Fsp3) is 0.111. The van der Waals surface area contributed by atoms with Crippen LogP contribution in [0.4, 0.5) is 0 Å².